The molecule has 1 amide bonds. The molecular formula is C10H19NO3. The lowest BCUT2D eigenvalue weighted by Crippen LogP contribution is -2.43. The molecule has 0 aliphatic carbocycles. The molecule has 0 saturated heterocycles. The van der Waals surface area contributed by atoms with Gasteiger partial charge in [0.25, 0.3) is 0 Å². The summed E-state index contributed by atoms with van der Waals surface area (Å²) in [7, 11) is 0. The summed E-state index contributed by atoms with van der Waals surface area (Å²) in [4.78, 5) is 22.4. The summed E-state index contributed by atoms with van der Waals surface area (Å²) in [6, 6.07) is -0.402. The zero-order valence-electron chi connectivity index (χ0n) is 9.04. The van der Waals surface area contributed by atoms with Gasteiger partial charge < -0.3 is 10.4 Å². The Bertz CT molecular complexity index is 202. The third kappa shape index (κ3) is 4.97. The number of hydrogen-bond acceptors (Lipinski definition) is 3. The van der Waals surface area contributed by atoms with Gasteiger partial charge in [0.1, 0.15) is 0 Å². The fraction of sp³-hybridized carbons (Fsp3) is 0.800. The van der Waals surface area contributed by atoms with Crippen LogP contribution in [0.3, 0.4) is 0 Å². The number of ketones is 1. The van der Waals surface area contributed by atoms with Gasteiger partial charge in [-0.15, -0.1) is 0 Å². The van der Waals surface area contributed by atoms with Crippen molar-refractivity contribution < 1.29 is 14.7 Å². The van der Waals surface area contributed by atoms with Crippen LogP contribution in [0.25, 0.3) is 0 Å². The maximum atomic E-state index is 11.2. The third-order valence-electron chi connectivity index (χ3n) is 1.98. The smallest absolute Gasteiger partial charge is 0.220 e. The minimum atomic E-state index is -0.402. The highest BCUT2D eigenvalue weighted by Gasteiger charge is 2.19. The Hall–Kier alpha value is -0.900. The number of nitrogens with one attached hydrogen (secondary N) is 1. The lowest BCUT2D eigenvalue weighted by atomic mass is 10.0. The molecule has 0 aromatic rings. The van der Waals surface area contributed by atoms with E-state index in [9.17, 15) is 9.59 Å². The van der Waals surface area contributed by atoms with Crippen LogP contribution in [0.1, 0.15) is 33.6 Å². The van der Waals surface area contributed by atoms with Crippen LogP contribution >= 0.6 is 0 Å². The Morgan fingerprint density at radius 3 is 2.29 bits per heavy atom. The van der Waals surface area contributed by atoms with E-state index in [4.69, 9.17) is 5.11 Å². The molecule has 4 heteroatoms. The van der Waals surface area contributed by atoms with Crippen molar-refractivity contribution in [2.75, 3.05) is 6.61 Å². The normalized spacial score (nSPS) is 12.6. The lowest BCUT2D eigenvalue weighted by Gasteiger charge is -2.19. The SMILES string of the molecule is CC(=O)C(NC(=O)CCCO)C(C)C. The molecule has 0 bridgehead atoms. The molecule has 2 N–H and O–H groups in total. The minimum absolute atomic E-state index is 0.000162. The molecule has 0 fully saturated rings. The summed E-state index contributed by atoms with van der Waals surface area (Å²) in [5, 5.41) is 11.2. The van der Waals surface area contributed by atoms with Gasteiger partial charge >= 0.3 is 0 Å². The number of rotatable bonds is 6. The van der Waals surface area contributed by atoms with Crippen LogP contribution in [0, 0.1) is 5.92 Å². The predicted molar refractivity (Wildman–Crippen MR) is 53.8 cm³/mol. The third-order valence-corrected chi connectivity index (χ3v) is 1.98. The zero-order valence-corrected chi connectivity index (χ0v) is 9.04. The highest BCUT2D eigenvalue weighted by Crippen LogP contribution is 2.03. The molecule has 1 unspecified atom stereocenters. The molecule has 14 heavy (non-hydrogen) atoms. The first kappa shape index (κ1) is 13.1. The lowest BCUT2D eigenvalue weighted by molar-refractivity contribution is -0.127. The first-order chi connectivity index (χ1) is 6.49. The molecule has 4 nitrogen and oxygen atoms in total. The van der Waals surface area contributed by atoms with E-state index in [-0.39, 0.29) is 30.6 Å². The van der Waals surface area contributed by atoms with Crippen LogP contribution in [-0.4, -0.2) is 29.4 Å². The second-order valence-corrected chi connectivity index (χ2v) is 3.73. The van der Waals surface area contributed by atoms with Crippen LogP contribution in [0.5, 0.6) is 0 Å². The Kier molecular flexibility index (Phi) is 6.12. The molecule has 82 valence electrons. The van der Waals surface area contributed by atoms with Crippen molar-refractivity contribution >= 4 is 11.7 Å². The van der Waals surface area contributed by atoms with Crippen molar-refractivity contribution in [2.45, 2.75) is 39.7 Å². The van der Waals surface area contributed by atoms with Gasteiger partial charge in [0.05, 0.1) is 6.04 Å². The summed E-state index contributed by atoms with van der Waals surface area (Å²) < 4.78 is 0. The van der Waals surface area contributed by atoms with Gasteiger partial charge in [-0.1, -0.05) is 13.8 Å². The van der Waals surface area contributed by atoms with Crippen LogP contribution < -0.4 is 5.32 Å². The fourth-order valence-electron chi connectivity index (χ4n) is 1.22. The summed E-state index contributed by atoms with van der Waals surface area (Å²) >= 11 is 0. The summed E-state index contributed by atoms with van der Waals surface area (Å²) in [5.74, 6) is -0.101. The van der Waals surface area contributed by atoms with Crippen molar-refractivity contribution in [3.8, 4) is 0 Å². The number of hydrogen-bond donors (Lipinski definition) is 2. The van der Waals surface area contributed by atoms with Gasteiger partial charge in [0, 0.05) is 13.0 Å². The summed E-state index contributed by atoms with van der Waals surface area (Å²) in [6.45, 7) is 5.24. The van der Waals surface area contributed by atoms with Crippen molar-refractivity contribution in [1.29, 1.82) is 0 Å². The van der Waals surface area contributed by atoms with E-state index in [0.29, 0.717) is 6.42 Å². The average molecular weight is 201 g/mol. The number of aliphatic hydroxyl groups is 1. The van der Waals surface area contributed by atoms with E-state index in [2.05, 4.69) is 5.32 Å². The first-order valence-electron chi connectivity index (χ1n) is 4.89. The summed E-state index contributed by atoms with van der Waals surface area (Å²) in [6.07, 6.45) is 0.710. The molecule has 0 aliphatic rings. The number of aliphatic hydroxyl groups excluding tert-OH is 1. The largest absolute Gasteiger partial charge is 0.396 e. The van der Waals surface area contributed by atoms with E-state index in [0.717, 1.165) is 0 Å². The van der Waals surface area contributed by atoms with Gasteiger partial charge in [-0.2, -0.15) is 0 Å². The molecule has 0 aliphatic heterocycles. The maximum Gasteiger partial charge on any atom is 0.220 e. The van der Waals surface area contributed by atoms with Gasteiger partial charge in [-0.3, -0.25) is 9.59 Å². The Labute approximate surface area is 84.7 Å². The standard InChI is InChI=1S/C10H19NO3/c1-7(2)10(8(3)13)11-9(14)5-4-6-12/h7,10,12H,4-6H2,1-3H3,(H,11,14). The number of carbonyl (C=O) groups excluding carboxylic acids is 2. The number of Topliss-reactive ketones (excluding diaryl/α,β-unsaturated/α-hetero) is 1. The predicted octanol–water partition coefficient (Wildman–Crippen LogP) is 0.489. The zero-order chi connectivity index (χ0) is 11.1. The molecule has 0 saturated carbocycles. The van der Waals surface area contributed by atoms with Gasteiger partial charge in [0.15, 0.2) is 5.78 Å². The van der Waals surface area contributed by atoms with Crippen molar-refractivity contribution in [1.82, 2.24) is 5.32 Å². The second kappa shape index (κ2) is 6.54. The van der Waals surface area contributed by atoms with E-state index in [1.165, 1.54) is 6.92 Å². The molecular weight excluding hydrogens is 182 g/mol. The molecule has 0 radical (unpaired) electrons. The number of amides is 1. The monoisotopic (exact) mass is 201 g/mol. The highest BCUT2D eigenvalue weighted by molar-refractivity contribution is 5.87. The first-order valence-corrected chi connectivity index (χ1v) is 4.89. The average Bonchev–Trinajstić information content (AvgIpc) is 2.09. The maximum absolute atomic E-state index is 11.2. The summed E-state index contributed by atoms with van der Waals surface area (Å²) in [5.41, 5.74) is 0. The van der Waals surface area contributed by atoms with Crippen LogP contribution in [-0.2, 0) is 9.59 Å². The Balaban J connectivity index is 4.04. The molecule has 0 rings (SSSR count). The second-order valence-electron chi connectivity index (χ2n) is 3.73. The highest BCUT2D eigenvalue weighted by atomic mass is 16.3. The van der Waals surface area contributed by atoms with Crippen LogP contribution in [0.2, 0.25) is 0 Å². The van der Waals surface area contributed by atoms with E-state index >= 15 is 0 Å². The number of carbonyl (C=O) groups is 2. The fourth-order valence-corrected chi connectivity index (χ4v) is 1.22. The van der Waals surface area contributed by atoms with Crippen molar-refractivity contribution in [3.63, 3.8) is 0 Å². The van der Waals surface area contributed by atoms with Crippen LogP contribution in [0.15, 0.2) is 0 Å². The van der Waals surface area contributed by atoms with Crippen LogP contribution in [0.4, 0.5) is 0 Å². The van der Waals surface area contributed by atoms with Gasteiger partial charge in [0.2, 0.25) is 5.91 Å². The Morgan fingerprint density at radius 2 is 1.93 bits per heavy atom. The van der Waals surface area contributed by atoms with Crippen molar-refractivity contribution in [2.24, 2.45) is 5.92 Å². The Morgan fingerprint density at radius 1 is 1.36 bits per heavy atom. The quantitative estimate of drug-likeness (QED) is 0.657. The van der Waals surface area contributed by atoms with Gasteiger partial charge in [-0.05, 0) is 19.3 Å². The molecule has 0 spiro atoms. The topological polar surface area (TPSA) is 66.4 Å². The molecule has 0 aromatic carbocycles. The van der Waals surface area contributed by atoms with Crippen molar-refractivity contribution in [3.05, 3.63) is 0 Å². The molecule has 0 heterocycles. The van der Waals surface area contributed by atoms with Gasteiger partial charge in [-0.25, -0.2) is 0 Å². The van der Waals surface area contributed by atoms with E-state index in [1.807, 2.05) is 13.8 Å². The van der Waals surface area contributed by atoms with E-state index in [1.54, 1.807) is 0 Å². The minimum Gasteiger partial charge on any atom is -0.396 e. The molecule has 1 atom stereocenters. The van der Waals surface area contributed by atoms with E-state index < -0.39 is 6.04 Å². The molecule has 0 aromatic heterocycles.